The van der Waals surface area contributed by atoms with E-state index in [4.69, 9.17) is 9.97 Å². The Morgan fingerprint density at radius 2 is 0.397 bits per heavy atom. The largest absolute Gasteiger partial charge is 0.415 e. The summed E-state index contributed by atoms with van der Waals surface area (Å²) in [6.45, 7) is 0. The van der Waals surface area contributed by atoms with Crippen molar-refractivity contribution < 1.29 is 66.4 Å². The summed E-state index contributed by atoms with van der Waals surface area (Å²) < 4.78 is 213. The van der Waals surface area contributed by atoms with E-state index >= 15 is 9.13 Å². The molecule has 0 N–H and O–H groups in total. The highest BCUT2D eigenvalue weighted by Crippen LogP contribution is 2.46. The number of aromatic nitrogens is 2. The number of hydrogen-bond donors (Lipinski definition) is 0. The molecule has 572 valence electrons. The van der Waals surface area contributed by atoms with Gasteiger partial charge in [0, 0.05) is 124 Å². The Kier molecular flexibility index (Phi) is 24.4. The standard InChI is InChI=1S/C53H31F8NO2P2.C29H19Br2N.C12H6F4OP/c54-38-20-39(55)25-48(24-38)65(63,49-26-40(56)21-41(57)27-49)46-14-10-35(11-15-46)52-18-37(34-8-6-33(7-9-34)32-4-2-1-3-5-32)19-53(62-52)36-12-16-47(17-13-36)66(64,50-28-42(58)22-43(59)29-50)51-30-44(60)23-45(61)31-51;30-26-14-10-23(11-15-26)28-18-25(19-29(32-28)24-12-16-27(31)17-13-24)22-8-6-21(7-9-22)20-4-2-1-3-5-20;13-7-1-8(14)4-11(3-7)18(17)12-5-9(15)2-10(16)6-12/h1-31H;1-19H;1-6H/q;;+1. The number of nitrogens with zero attached hydrogens (tertiary/aromatic N) is 2. The van der Waals surface area contributed by atoms with Crippen LogP contribution in [0.25, 0.3) is 89.5 Å². The van der Waals surface area contributed by atoms with Crippen LogP contribution in [0.3, 0.4) is 0 Å². The van der Waals surface area contributed by atoms with E-state index in [9.17, 15) is 57.3 Å². The predicted octanol–water partition coefficient (Wildman–Crippen LogP) is 24.4. The number of benzene rings is 14. The van der Waals surface area contributed by atoms with Crippen molar-refractivity contribution >= 4 is 96.4 Å². The minimum Gasteiger partial charge on any atom is -0.309 e. The first-order chi connectivity index (χ1) is 55.8. The van der Waals surface area contributed by atoms with Gasteiger partial charge in [-0.3, -0.25) is 0 Å². The quantitative estimate of drug-likeness (QED) is 0.0712. The first-order valence-electron chi connectivity index (χ1n) is 35.3. The average molecular weight is 1740 g/mol. The molecule has 0 aliphatic rings. The van der Waals surface area contributed by atoms with Crippen molar-refractivity contribution in [2.24, 2.45) is 0 Å². The molecule has 16 aromatic rings. The fraction of sp³-hybridized carbons (Fsp3) is 0. The molecule has 0 aliphatic heterocycles. The van der Waals surface area contributed by atoms with E-state index in [1.165, 1.54) is 41.0 Å². The zero-order valence-electron chi connectivity index (χ0n) is 60.1. The second-order valence-electron chi connectivity index (χ2n) is 26.5. The first kappa shape index (κ1) is 80.7. The van der Waals surface area contributed by atoms with Crippen molar-refractivity contribution in [2.75, 3.05) is 0 Å². The van der Waals surface area contributed by atoms with Gasteiger partial charge in [-0.15, -0.1) is 0 Å². The molecule has 22 heteroatoms. The predicted molar refractivity (Wildman–Crippen MR) is 445 cm³/mol. The van der Waals surface area contributed by atoms with Crippen LogP contribution in [-0.2, 0) is 13.7 Å². The van der Waals surface area contributed by atoms with Gasteiger partial charge >= 0.3 is 7.80 Å². The Labute approximate surface area is 676 Å². The van der Waals surface area contributed by atoms with Crippen molar-refractivity contribution in [2.45, 2.75) is 0 Å². The topological polar surface area (TPSA) is 77.0 Å². The molecule has 14 aromatic carbocycles. The second-order valence-corrected chi connectivity index (χ2v) is 35.5. The molecule has 0 saturated carbocycles. The number of hydrogen-bond acceptors (Lipinski definition) is 5. The molecule has 0 atom stereocenters. The van der Waals surface area contributed by atoms with Gasteiger partial charge in [-0.25, -0.2) is 62.7 Å². The zero-order valence-corrected chi connectivity index (χ0v) is 65.9. The van der Waals surface area contributed by atoms with Crippen molar-refractivity contribution in [3.05, 3.63) is 418 Å². The highest BCUT2D eigenvalue weighted by atomic mass is 79.9. The Morgan fingerprint density at radius 3 is 0.629 bits per heavy atom. The fourth-order valence-corrected chi connectivity index (χ4v) is 20.3. The van der Waals surface area contributed by atoms with E-state index < -0.39 is 91.9 Å². The van der Waals surface area contributed by atoms with Gasteiger partial charge in [0.25, 0.3) is 0 Å². The van der Waals surface area contributed by atoms with E-state index in [1.807, 2.05) is 60.7 Å². The first-order valence-corrected chi connectivity index (χ1v) is 41.6. The van der Waals surface area contributed by atoms with Gasteiger partial charge in [0.15, 0.2) is 14.3 Å². The molecule has 0 bridgehead atoms. The molecule has 2 aromatic heterocycles. The molecular weight excluding hydrogens is 1690 g/mol. The zero-order chi connectivity index (χ0) is 81.5. The molecule has 116 heavy (non-hydrogen) atoms. The summed E-state index contributed by atoms with van der Waals surface area (Å²) >= 11 is 7.06. The van der Waals surface area contributed by atoms with Crippen LogP contribution in [0, 0.1) is 69.8 Å². The van der Waals surface area contributed by atoms with Crippen LogP contribution in [-0.4, -0.2) is 9.97 Å². The minimum absolute atomic E-state index is 0.0190. The lowest BCUT2D eigenvalue weighted by molar-refractivity contribution is 0.577. The monoisotopic (exact) mass is 1740 g/mol. The van der Waals surface area contributed by atoms with Crippen LogP contribution in [0.5, 0.6) is 0 Å². The lowest BCUT2D eigenvalue weighted by atomic mass is 9.97. The molecule has 0 aliphatic carbocycles. The van der Waals surface area contributed by atoms with E-state index in [2.05, 4.69) is 141 Å². The third-order valence-electron chi connectivity index (χ3n) is 18.6. The summed E-state index contributed by atoms with van der Waals surface area (Å²) in [5, 5.41) is -1.57. The van der Waals surface area contributed by atoms with Crippen molar-refractivity contribution in [1.82, 2.24) is 9.97 Å². The van der Waals surface area contributed by atoms with Gasteiger partial charge in [0.05, 0.1) is 22.8 Å². The van der Waals surface area contributed by atoms with Crippen LogP contribution in [0.4, 0.5) is 52.7 Å². The van der Waals surface area contributed by atoms with Crippen LogP contribution in [0.2, 0.25) is 0 Å². The molecular formula is C94H56Br2F12N2O3P3+. The second kappa shape index (κ2) is 35.0. The Bertz CT molecular complexity index is 5930. The SMILES string of the molecule is Brc1ccc(-c2cc(-c3ccc(-c4ccccc4)cc3)cc(-c3ccc(Br)cc3)n2)cc1.O=P(c1ccc(-c2cc(-c3ccc(-c4ccccc4)cc3)cc(-c3ccc(P(=O)(c4cc(F)cc(F)c4)c4cc(F)cc(F)c4)cc3)n2)cc1)(c1cc(F)cc(F)c1)c1cc(F)cc(F)c1.O=[P+](c1cc(F)cc(F)c1)c1cc(F)cc(F)c1. The van der Waals surface area contributed by atoms with Gasteiger partial charge in [-0.1, -0.05) is 218 Å². The van der Waals surface area contributed by atoms with Gasteiger partial charge < -0.3 is 9.13 Å². The lowest BCUT2D eigenvalue weighted by Gasteiger charge is -2.21. The normalized spacial score (nSPS) is 11.3. The summed E-state index contributed by atoms with van der Waals surface area (Å²) in [6, 6.07) is 87.2. The third-order valence-corrected chi connectivity index (χ3v) is 27.1. The molecule has 5 nitrogen and oxygen atoms in total. The van der Waals surface area contributed by atoms with Gasteiger partial charge in [0.2, 0.25) is 10.6 Å². The molecule has 0 spiro atoms. The molecule has 0 fully saturated rings. The van der Waals surface area contributed by atoms with Crippen LogP contribution < -0.4 is 42.4 Å². The number of halogens is 14. The molecule has 0 amide bonds. The summed E-state index contributed by atoms with van der Waals surface area (Å²) in [6.07, 6.45) is 0. The molecule has 2 heterocycles. The minimum atomic E-state index is -4.30. The maximum atomic E-state index is 15.1. The highest BCUT2D eigenvalue weighted by molar-refractivity contribution is 9.10. The summed E-state index contributed by atoms with van der Waals surface area (Å²) in [4.78, 5) is 9.93. The van der Waals surface area contributed by atoms with Gasteiger partial charge in [-0.2, -0.15) is 0 Å². The maximum absolute atomic E-state index is 15.1. The number of pyridine rings is 2. The van der Waals surface area contributed by atoms with E-state index in [-0.39, 0.29) is 42.4 Å². The fourth-order valence-electron chi connectivity index (χ4n) is 13.1. The Hall–Kier alpha value is -11.9. The van der Waals surface area contributed by atoms with Crippen LogP contribution in [0.15, 0.2) is 349 Å². The average Bonchev–Trinajstić information content (AvgIpc) is 0.752. The third kappa shape index (κ3) is 18.7. The van der Waals surface area contributed by atoms with Crippen LogP contribution in [0.1, 0.15) is 0 Å². The molecule has 16 rings (SSSR count). The molecule has 0 unspecified atom stereocenters. The smallest absolute Gasteiger partial charge is 0.309 e. The highest BCUT2D eigenvalue weighted by Gasteiger charge is 2.35. The maximum Gasteiger partial charge on any atom is 0.415 e. The summed E-state index contributed by atoms with van der Waals surface area (Å²) in [5.74, 6) is -11.9. The van der Waals surface area contributed by atoms with E-state index in [0.29, 0.717) is 64.5 Å². The van der Waals surface area contributed by atoms with Crippen LogP contribution >= 0.6 is 53.9 Å². The van der Waals surface area contributed by atoms with Gasteiger partial charge in [0.1, 0.15) is 69.8 Å². The van der Waals surface area contributed by atoms with Crippen molar-refractivity contribution in [3.8, 4) is 89.5 Å². The molecule has 0 radical (unpaired) electrons. The molecule has 0 saturated heterocycles. The van der Waals surface area contributed by atoms with Crippen molar-refractivity contribution in [1.29, 1.82) is 0 Å². The Morgan fingerprint density at radius 1 is 0.207 bits per heavy atom. The lowest BCUT2D eigenvalue weighted by Crippen LogP contribution is -2.26. The summed E-state index contributed by atoms with van der Waals surface area (Å²) in [7, 11) is -11.0. The van der Waals surface area contributed by atoms with Gasteiger partial charge in [-0.05, 0) is 142 Å². The summed E-state index contributed by atoms with van der Waals surface area (Å²) in [5.41, 5.74) is 14.0. The van der Waals surface area contributed by atoms with E-state index in [1.54, 1.807) is 36.4 Å². The van der Waals surface area contributed by atoms with E-state index in [0.717, 1.165) is 127 Å². The number of rotatable bonds is 16. The van der Waals surface area contributed by atoms with Crippen molar-refractivity contribution in [3.63, 3.8) is 0 Å². The Balaban J connectivity index is 0.000000181.